The van der Waals surface area contributed by atoms with Crippen LogP contribution in [0.15, 0.2) is 108 Å². The number of thioether (sulfide) groups is 1. The van der Waals surface area contributed by atoms with Crippen LogP contribution in [0.25, 0.3) is 0 Å². The molecule has 0 bridgehead atoms. The van der Waals surface area contributed by atoms with Gasteiger partial charge in [0.25, 0.3) is 0 Å². The molecule has 4 aromatic rings. The highest BCUT2D eigenvalue weighted by molar-refractivity contribution is 7.98. The first kappa shape index (κ1) is 26.3. The second-order valence-electron chi connectivity index (χ2n) is 9.18. The predicted molar refractivity (Wildman–Crippen MR) is 154 cm³/mol. The number of carbonyl (C=O) groups is 1. The molecule has 3 aromatic carbocycles. The summed E-state index contributed by atoms with van der Waals surface area (Å²) in [4.78, 5) is 18.0. The molecule has 39 heavy (non-hydrogen) atoms. The molecule has 8 heteroatoms. The minimum Gasteiger partial charge on any atom is -0.489 e. The number of aryl methyl sites for hydroxylation is 1. The smallest absolute Gasteiger partial charge is 0.338 e. The zero-order valence-electron chi connectivity index (χ0n) is 22.0. The van der Waals surface area contributed by atoms with Crippen LogP contribution < -0.4 is 10.1 Å². The molecular formula is C31H30N4O3S. The van der Waals surface area contributed by atoms with Crippen molar-refractivity contribution in [3.05, 3.63) is 125 Å². The van der Waals surface area contributed by atoms with Gasteiger partial charge in [-0.05, 0) is 48.2 Å². The van der Waals surface area contributed by atoms with Crippen LogP contribution in [0, 0.1) is 6.92 Å². The average molecular weight is 539 g/mol. The van der Waals surface area contributed by atoms with E-state index in [1.54, 1.807) is 22.5 Å². The van der Waals surface area contributed by atoms with Gasteiger partial charge in [-0.25, -0.2) is 9.48 Å². The highest BCUT2D eigenvalue weighted by Gasteiger charge is 2.35. The molecule has 0 spiro atoms. The van der Waals surface area contributed by atoms with Gasteiger partial charge in [-0.2, -0.15) is 4.98 Å². The van der Waals surface area contributed by atoms with Gasteiger partial charge in [0, 0.05) is 11.4 Å². The van der Waals surface area contributed by atoms with Gasteiger partial charge in [0.1, 0.15) is 25.0 Å². The fourth-order valence-electron chi connectivity index (χ4n) is 4.41. The van der Waals surface area contributed by atoms with Gasteiger partial charge in [-0.15, -0.1) is 5.10 Å². The Labute approximate surface area is 232 Å². The lowest BCUT2D eigenvalue weighted by Crippen LogP contribution is -2.29. The summed E-state index contributed by atoms with van der Waals surface area (Å²) >= 11 is 1.54. The van der Waals surface area contributed by atoms with Gasteiger partial charge < -0.3 is 14.8 Å². The lowest BCUT2D eigenvalue weighted by Gasteiger charge is -2.28. The lowest BCUT2D eigenvalue weighted by atomic mass is 9.95. The van der Waals surface area contributed by atoms with Crippen molar-refractivity contribution in [2.24, 2.45) is 0 Å². The van der Waals surface area contributed by atoms with Crippen LogP contribution in [-0.4, -0.2) is 27.3 Å². The fourth-order valence-corrected chi connectivity index (χ4v) is 5.19. The molecule has 1 aliphatic heterocycles. The van der Waals surface area contributed by atoms with Crippen LogP contribution in [-0.2, 0) is 21.9 Å². The maximum Gasteiger partial charge on any atom is 0.338 e. The molecule has 0 fully saturated rings. The third-order valence-electron chi connectivity index (χ3n) is 6.43. The minimum atomic E-state index is -0.542. The van der Waals surface area contributed by atoms with E-state index < -0.39 is 12.0 Å². The number of nitrogens with one attached hydrogen (secondary N) is 1. The summed E-state index contributed by atoms with van der Waals surface area (Å²) in [7, 11) is 0. The van der Waals surface area contributed by atoms with Crippen LogP contribution in [0.3, 0.4) is 0 Å². The first-order valence-electron chi connectivity index (χ1n) is 12.7. The zero-order chi connectivity index (χ0) is 27.2. The number of anilines is 1. The van der Waals surface area contributed by atoms with Crippen LogP contribution in [0.5, 0.6) is 5.75 Å². The van der Waals surface area contributed by atoms with E-state index in [1.165, 1.54) is 11.1 Å². The number of ether oxygens (including phenoxy) is 2. The molecule has 0 aliphatic carbocycles. The Hall–Kier alpha value is -4.30. The second-order valence-corrected chi connectivity index (χ2v) is 10.1. The third kappa shape index (κ3) is 6.07. The van der Waals surface area contributed by atoms with Crippen molar-refractivity contribution in [3.8, 4) is 5.75 Å². The average Bonchev–Trinajstić information content (AvgIpc) is 3.36. The summed E-state index contributed by atoms with van der Waals surface area (Å²) in [5, 5.41) is 8.68. The van der Waals surface area contributed by atoms with Gasteiger partial charge in [0.2, 0.25) is 11.1 Å². The molecule has 1 N–H and O–H groups in total. The van der Waals surface area contributed by atoms with Crippen molar-refractivity contribution < 1.29 is 14.3 Å². The van der Waals surface area contributed by atoms with Crippen LogP contribution >= 0.6 is 11.8 Å². The van der Waals surface area contributed by atoms with E-state index in [0.717, 1.165) is 16.9 Å². The first-order valence-corrected chi connectivity index (χ1v) is 13.7. The first-order chi connectivity index (χ1) is 19.0. The number of hydrogen-bond acceptors (Lipinski definition) is 7. The summed E-state index contributed by atoms with van der Waals surface area (Å²) in [6.07, 6.45) is 1.55. The van der Waals surface area contributed by atoms with E-state index in [1.807, 2.05) is 61.5 Å². The molecule has 198 valence electrons. The summed E-state index contributed by atoms with van der Waals surface area (Å²) in [6.45, 7) is 8.15. The van der Waals surface area contributed by atoms with Gasteiger partial charge in [-0.1, -0.05) is 91.1 Å². The van der Waals surface area contributed by atoms with Crippen molar-refractivity contribution in [1.82, 2.24) is 14.8 Å². The van der Waals surface area contributed by atoms with Gasteiger partial charge >= 0.3 is 5.97 Å². The number of nitrogens with zero attached hydrogens (tertiary/aromatic N) is 3. The van der Waals surface area contributed by atoms with Crippen molar-refractivity contribution in [2.75, 3.05) is 11.9 Å². The molecule has 7 nitrogen and oxygen atoms in total. The molecule has 0 saturated heterocycles. The van der Waals surface area contributed by atoms with Crippen LogP contribution in [0.2, 0.25) is 0 Å². The van der Waals surface area contributed by atoms with Crippen molar-refractivity contribution in [1.29, 1.82) is 0 Å². The lowest BCUT2D eigenvalue weighted by molar-refractivity contribution is -0.138. The Morgan fingerprint density at radius 3 is 2.67 bits per heavy atom. The number of carbonyl (C=O) groups excluding carboxylic acids is 1. The summed E-state index contributed by atoms with van der Waals surface area (Å²) in [5.41, 5.74) is 5.44. The number of fused-ring (bicyclic) bond motifs is 1. The van der Waals surface area contributed by atoms with Gasteiger partial charge in [0.05, 0.1) is 5.57 Å². The summed E-state index contributed by atoms with van der Waals surface area (Å²) in [6, 6.07) is 25.5. The minimum absolute atomic E-state index is 0.115. The Morgan fingerprint density at radius 1 is 1.08 bits per heavy atom. The quantitative estimate of drug-likeness (QED) is 0.141. The fraction of sp³-hybridized carbons (Fsp3) is 0.194. The Kier molecular flexibility index (Phi) is 8.13. The highest BCUT2D eigenvalue weighted by atomic mass is 32.2. The number of rotatable bonds is 10. The van der Waals surface area contributed by atoms with E-state index in [9.17, 15) is 4.79 Å². The van der Waals surface area contributed by atoms with Crippen molar-refractivity contribution in [3.63, 3.8) is 0 Å². The molecular weight excluding hydrogens is 508 g/mol. The Bertz CT molecular complexity index is 1510. The van der Waals surface area contributed by atoms with E-state index in [0.29, 0.717) is 34.7 Å². The highest BCUT2D eigenvalue weighted by Crippen LogP contribution is 2.38. The molecule has 0 radical (unpaired) electrons. The number of hydrogen-bond donors (Lipinski definition) is 1. The maximum atomic E-state index is 13.2. The number of allylic oxidation sites excluding steroid dienone is 1. The standard InChI is InChI=1S/C31H30N4O3S/c1-4-17-37-29(36)27-22(3)32-30-33-31(39-20-23-12-6-5-7-13-23)34-35(30)28(27)24-15-10-16-26(18-24)38-19-25-14-9-8-11-21(25)2/h4-16,18,28H,1,17,19-20H2,2-3H3,(H,32,33,34). The maximum absolute atomic E-state index is 13.2. The zero-order valence-corrected chi connectivity index (χ0v) is 22.8. The molecule has 1 aliphatic rings. The van der Waals surface area contributed by atoms with Gasteiger partial charge in [0.15, 0.2) is 0 Å². The molecule has 0 amide bonds. The number of aromatic nitrogens is 3. The van der Waals surface area contributed by atoms with E-state index in [4.69, 9.17) is 19.6 Å². The Morgan fingerprint density at radius 2 is 1.87 bits per heavy atom. The van der Waals surface area contributed by atoms with Crippen LogP contribution in [0.4, 0.5) is 5.95 Å². The summed E-state index contributed by atoms with van der Waals surface area (Å²) < 4.78 is 13.4. The largest absolute Gasteiger partial charge is 0.489 e. The number of esters is 1. The molecule has 1 unspecified atom stereocenters. The third-order valence-corrected chi connectivity index (χ3v) is 7.33. The molecule has 2 heterocycles. The Balaban J connectivity index is 1.46. The van der Waals surface area contributed by atoms with E-state index >= 15 is 0 Å². The summed E-state index contributed by atoms with van der Waals surface area (Å²) in [5.74, 6) is 1.57. The van der Waals surface area contributed by atoms with E-state index in [-0.39, 0.29) is 6.61 Å². The monoisotopic (exact) mass is 538 g/mol. The van der Waals surface area contributed by atoms with Crippen molar-refractivity contribution in [2.45, 2.75) is 37.4 Å². The number of benzene rings is 3. The molecule has 5 rings (SSSR count). The second kappa shape index (κ2) is 12.0. The SMILES string of the molecule is C=CCOC(=O)C1=C(C)Nc2nc(SCc3ccccc3)nn2C1c1cccc(OCc2ccccc2C)c1. The molecule has 1 aromatic heterocycles. The molecule has 1 atom stereocenters. The van der Waals surface area contributed by atoms with Crippen LogP contribution in [0.1, 0.15) is 35.2 Å². The molecule has 0 saturated carbocycles. The van der Waals surface area contributed by atoms with Gasteiger partial charge in [-0.3, -0.25) is 0 Å². The van der Waals surface area contributed by atoms with Crippen molar-refractivity contribution >= 4 is 23.7 Å². The normalized spacial score (nSPS) is 14.4. The predicted octanol–water partition coefficient (Wildman–Crippen LogP) is 6.48. The van der Waals surface area contributed by atoms with E-state index in [2.05, 4.69) is 43.1 Å². The topological polar surface area (TPSA) is 78.3 Å².